The largest absolute Gasteiger partial charge is 0.663 e. The average Bonchev–Trinajstić information content (AvgIpc) is 2.31. The van der Waals surface area contributed by atoms with Crippen LogP contribution in [0.4, 0.5) is 23.2 Å². The SMILES string of the molecule is C[C@@]([NH-])(c1cc([N+](=O)[O-])cc(F)c1F)C(F)(F)CO. The predicted octanol–water partition coefficient (Wildman–Crippen LogP) is 2.77. The Kier molecular flexibility index (Phi) is 3.82. The maximum Gasteiger partial charge on any atom is 0.272 e. The number of rotatable bonds is 4. The highest BCUT2D eigenvalue weighted by Crippen LogP contribution is 2.42. The highest BCUT2D eigenvalue weighted by molar-refractivity contribution is 5.42. The zero-order valence-electron chi connectivity index (χ0n) is 9.58. The van der Waals surface area contributed by atoms with E-state index in [4.69, 9.17) is 10.8 Å². The Morgan fingerprint density at radius 2 is 1.95 bits per heavy atom. The molecule has 0 bridgehead atoms. The zero-order chi connectivity index (χ0) is 15.0. The number of nitro benzene ring substituents is 1. The minimum Gasteiger partial charge on any atom is -0.663 e. The highest BCUT2D eigenvalue weighted by Gasteiger charge is 2.44. The molecule has 0 aliphatic heterocycles. The number of alkyl halides is 2. The van der Waals surface area contributed by atoms with Crippen LogP contribution in [-0.4, -0.2) is 22.6 Å². The van der Waals surface area contributed by atoms with E-state index < -0.39 is 45.9 Å². The van der Waals surface area contributed by atoms with Crippen LogP contribution in [0, 0.1) is 21.7 Å². The van der Waals surface area contributed by atoms with Gasteiger partial charge in [-0.2, -0.15) is 0 Å². The number of nitro groups is 1. The number of nitrogens with zero attached hydrogens (tertiary/aromatic N) is 1. The molecule has 0 aliphatic carbocycles. The lowest BCUT2D eigenvalue weighted by Gasteiger charge is -2.41. The van der Waals surface area contributed by atoms with Crippen LogP contribution < -0.4 is 0 Å². The molecule has 9 heteroatoms. The maximum atomic E-state index is 13.5. The Labute approximate surface area is 104 Å². The van der Waals surface area contributed by atoms with Gasteiger partial charge >= 0.3 is 0 Å². The third-order valence-electron chi connectivity index (χ3n) is 2.69. The topological polar surface area (TPSA) is 87.2 Å². The van der Waals surface area contributed by atoms with Gasteiger partial charge in [0.05, 0.1) is 11.0 Å². The Morgan fingerprint density at radius 3 is 2.37 bits per heavy atom. The van der Waals surface area contributed by atoms with Crippen LogP contribution in [0.3, 0.4) is 0 Å². The summed E-state index contributed by atoms with van der Waals surface area (Å²) in [5, 5.41) is 19.0. The van der Waals surface area contributed by atoms with E-state index in [0.717, 1.165) is 0 Å². The molecule has 5 nitrogen and oxygen atoms in total. The number of non-ortho nitro benzene ring substituents is 1. The third-order valence-corrected chi connectivity index (χ3v) is 2.69. The van der Waals surface area contributed by atoms with Crippen molar-refractivity contribution >= 4 is 5.69 Å². The Hall–Kier alpha value is -1.74. The van der Waals surface area contributed by atoms with Gasteiger partial charge in [-0.25, -0.2) is 17.6 Å². The lowest BCUT2D eigenvalue weighted by Crippen LogP contribution is -2.43. The predicted molar refractivity (Wildman–Crippen MR) is 56.7 cm³/mol. The monoisotopic (exact) mass is 281 g/mol. The summed E-state index contributed by atoms with van der Waals surface area (Å²) in [6, 6.07) is 0.584. The van der Waals surface area contributed by atoms with Gasteiger partial charge in [0, 0.05) is 6.07 Å². The van der Waals surface area contributed by atoms with E-state index in [2.05, 4.69) is 0 Å². The summed E-state index contributed by atoms with van der Waals surface area (Å²) in [5.74, 6) is -7.59. The van der Waals surface area contributed by atoms with Crippen molar-refractivity contribution in [2.24, 2.45) is 0 Å². The highest BCUT2D eigenvalue weighted by atomic mass is 19.3. The van der Waals surface area contributed by atoms with Crippen LogP contribution >= 0.6 is 0 Å². The maximum absolute atomic E-state index is 13.5. The fourth-order valence-corrected chi connectivity index (χ4v) is 1.40. The van der Waals surface area contributed by atoms with E-state index in [1.54, 1.807) is 0 Å². The van der Waals surface area contributed by atoms with Crippen molar-refractivity contribution in [3.8, 4) is 0 Å². The van der Waals surface area contributed by atoms with E-state index in [1.807, 2.05) is 0 Å². The van der Waals surface area contributed by atoms with Crippen molar-refractivity contribution in [2.75, 3.05) is 6.61 Å². The summed E-state index contributed by atoms with van der Waals surface area (Å²) in [5.41, 5.74) is 2.20. The molecule has 1 aromatic rings. The molecule has 0 fully saturated rings. The first-order chi connectivity index (χ1) is 8.54. The quantitative estimate of drug-likeness (QED) is 0.523. The van der Waals surface area contributed by atoms with Gasteiger partial charge in [-0.15, -0.1) is 0 Å². The molecule has 0 saturated heterocycles. The van der Waals surface area contributed by atoms with Crippen LogP contribution in [0.5, 0.6) is 0 Å². The summed E-state index contributed by atoms with van der Waals surface area (Å²) >= 11 is 0. The fraction of sp³-hybridized carbons (Fsp3) is 0.400. The molecule has 1 atom stereocenters. The average molecular weight is 281 g/mol. The first-order valence-electron chi connectivity index (χ1n) is 4.92. The Morgan fingerprint density at radius 1 is 1.42 bits per heavy atom. The van der Waals surface area contributed by atoms with Crippen LogP contribution in [0.1, 0.15) is 12.5 Å². The number of aliphatic hydroxyl groups excluding tert-OH is 1. The van der Waals surface area contributed by atoms with E-state index in [1.165, 1.54) is 0 Å². The third kappa shape index (κ3) is 2.51. The van der Waals surface area contributed by atoms with Crippen molar-refractivity contribution in [1.29, 1.82) is 0 Å². The second-order valence-corrected chi connectivity index (χ2v) is 4.03. The molecule has 0 radical (unpaired) electrons. The van der Waals surface area contributed by atoms with Crippen molar-refractivity contribution < 1.29 is 27.6 Å². The molecule has 1 aromatic carbocycles. The van der Waals surface area contributed by atoms with E-state index >= 15 is 0 Å². The van der Waals surface area contributed by atoms with Gasteiger partial charge in [-0.05, 0) is 11.1 Å². The van der Waals surface area contributed by atoms with Crippen molar-refractivity contribution in [3.05, 3.63) is 45.2 Å². The van der Waals surface area contributed by atoms with Crippen LogP contribution in [0.2, 0.25) is 0 Å². The second-order valence-electron chi connectivity index (χ2n) is 4.03. The number of benzene rings is 1. The zero-order valence-corrected chi connectivity index (χ0v) is 9.58. The van der Waals surface area contributed by atoms with Crippen molar-refractivity contribution in [3.63, 3.8) is 0 Å². The number of aliphatic hydroxyl groups is 1. The van der Waals surface area contributed by atoms with Gasteiger partial charge in [0.2, 0.25) is 0 Å². The van der Waals surface area contributed by atoms with E-state index in [0.29, 0.717) is 13.0 Å². The molecule has 0 unspecified atom stereocenters. The first-order valence-corrected chi connectivity index (χ1v) is 4.92. The Balaban J connectivity index is 3.54. The van der Waals surface area contributed by atoms with Gasteiger partial charge in [0.25, 0.3) is 11.6 Å². The number of hydrogen-bond acceptors (Lipinski definition) is 3. The van der Waals surface area contributed by atoms with E-state index in [9.17, 15) is 27.7 Å². The molecular formula is C10H9F4N2O3-. The molecule has 0 aliphatic rings. The summed E-state index contributed by atoms with van der Waals surface area (Å²) in [6.45, 7) is -1.25. The van der Waals surface area contributed by atoms with E-state index in [-0.39, 0.29) is 6.07 Å². The standard InChI is InChI=1S/C10H9F4N2O3/c1-9(15,10(13,14)4-17)6-2-5(16(18)19)3-7(11)8(6)12/h2-3,15,17H,4H2,1H3/q-1/t9-/m1/s1. The fourth-order valence-electron chi connectivity index (χ4n) is 1.40. The summed E-state index contributed by atoms with van der Waals surface area (Å²) in [6.07, 6.45) is 0. The van der Waals surface area contributed by atoms with Crippen LogP contribution in [0.25, 0.3) is 5.73 Å². The molecule has 0 spiro atoms. The lowest BCUT2D eigenvalue weighted by molar-refractivity contribution is -0.385. The molecule has 2 N–H and O–H groups in total. The van der Waals surface area contributed by atoms with Crippen molar-refractivity contribution in [1.82, 2.24) is 0 Å². The molecular weight excluding hydrogens is 272 g/mol. The van der Waals surface area contributed by atoms with Gasteiger partial charge in [0.1, 0.15) is 6.61 Å². The van der Waals surface area contributed by atoms with Crippen LogP contribution in [0.15, 0.2) is 12.1 Å². The summed E-state index contributed by atoms with van der Waals surface area (Å²) in [4.78, 5) is 9.38. The van der Waals surface area contributed by atoms with Gasteiger partial charge in [0.15, 0.2) is 11.6 Å². The molecule has 106 valence electrons. The number of nitrogens with one attached hydrogen (secondary N) is 1. The number of hydrogen-bond donors (Lipinski definition) is 1. The van der Waals surface area contributed by atoms with Crippen molar-refractivity contribution in [2.45, 2.75) is 18.4 Å². The number of halogens is 4. The van der Waals surface area contributed by atoms with Crippen LogP contribution in [-0.2, 0) is 5.54 Å². The lowest BCUT2D eigenvalue weighted by atomic mass is 9.86. The molecule has 0 heterocycles. The Bertz CT molecular complexity index is 520. The van der Waals surface area contributed by atoms with Gasteiger partial charge in [-0.1, -0.05) is 6.92 Å². The summed E-state index contributed by atoms with van der Waals surface area (Å²) < 4.78 is 53.4. The summed E-state index contributed by atoms with van der Waals surface area (Å²) in [7, 11) is 0. The molecule has 19 heavy (non-hydrogen) atoms. The van der Waals surface area contributed by atoms with Gasteiger partial charge < -0.3 is 10.8 Å². The normalized spacial score (nSPS) is 15.1. The first kappa shape index (κ1) is 15.3. The molecule has 0 aromatic heterocycles. The second kappa shape index (κ2) is 4.74. The smallest absolute Gasteiger partial charge is 0.272 e. The molecule has 0 amide bonds. The molecule has 0 saturated carbocycles. The molecule has 1 rings (SSSR count). The van der Waals surface area contributed by atoms with Gasteiger partial charge in [-0.3, -0.25) is 10.1 Å². The minimum atomic E-state index is -4.10. The minimum absolute atomic E-state index is 0.228.